The number of hydrogen-bond acceptors (Lipinski definition) is 3. The molecule has 0 saturated carbocycles. The van der Waals surface area contributed by atoms with Gasteiger partial charge in [-0.1, -0.05) is 23.7 Å². The third-order valence-corrected chi connectivity index (χ3v) is 4.21. The molecule has 1 heterocycles. The fourth-order valence-electron chi connectivity index (χ4n) is 2.45. The van der Waals surface area contributed by atoms with E-state index in [1.165, 1.54) is 6.92 Å². The molecule has 2 rings (SSSR count). The van der Waals surface area contributed by atoms with Gasteiger partial charge in [0.1, 0.15) is 5.76 Å². The van der Waals surface area contributed by atoms with Crippen molar-refractivity contribution in [1.29, 1.82) is 0 Å². The van der Waals surface area contributed by atoms with E-state index in [9.17, 15) is 9.59 Å². The fourth-order valence-corrected chi connectivity index (χ4v) is 2.57. The molecule has 0 saturated heterocycles. The number of benzene rings is 1. The van der Waals surface area contributed by atoms with Crippen LogP contribution < -0.4 is 5.32 Å². The molecule has 0 aliphatic carbocycles. The number of nitrogens with one attached hydrogen (secondary N) is 1. The topological polar surface area (TPSA) is 62.6 Å². The Morgan fingerprint density at radius 3 is 2.46 bits per heavy atom. The molecule has 0 aliphatic rings. The normalized spacial score (nSPS) is 13.2. The molecule has 2 amide bonds. The highest BCUT2D eigenvalue weighted by atomic mass is 35.5. The van der Waals surface area contributed by atoms with Crippen molar-refractivity contribution in [3.8, 4) is 0 Å². The van der Waals surface area contributed by atoms with Gasteiger partial charge in [-0.3, -0.25) is 9.59 Å². The molecule has 0 bridgehead atoms. The van der Waals surface area contributed by atoms with E-state index in [0.717, 1.165) is 5.56 Å². The zero-order valence-electron chi connectivity index (χ0n) is 14.0. The molecule has 128 valence electrons. The van der Waals surface area contributed by atoms with Crippen molar-refractivity contribution in [2.24, 2.45) is 0 Å². The number of carbonyl (C=O) groups is 2. The van der Waals surface area contributed by atoms with Gasteiger partial charge in [0.05, 0.1) is 24.8 Å². The zero-order chi connectivity index (χ0) is 17.7. The summed E-state index contributed by atoms with van der Waals surface area (Å²) < 4.78 is 5.36. The van der Waals surface area contributed by atoms with Crippen molar-refractivity contribution in [2.75, 3.05) is 7.05 Å². The third kappa shape index (κ3) is 4.61. The van der Waals surface area contributed by atoms with Crippen LogP contribution in [0.25, 0.3) is 0 Å². The largest absolute Gasteiger partial charge is 0.467 e. The van der Waals surface area contributed by atoms with Crippen LogP contribution in [0.1, 0.15) is 43.7 Å². The molecule has 6 heteroatoms. The monoisotopic (exact) mass is 348 g/mol. The molecular formula is C18H21ClN2O3. The smallest absolute Gasteiger partial charge is 0.225 e. The summed E-state index contributed by atoms with van der Waals surface area (Å²) in [6.07, 6.45) is 1.74. The first-order chi connectivity index (χ1) is 11.4. The highest BCUT2D eigenvalue weighted by Crippen LogP contribution is 2.24. The van der Waals surface area contributed by atoms with Crippen molar-refractivity contribution in [3.63, 3.8) is 0 Å². The van der Waals surface area contributed by atoms with Gasteiger partial charge in [-0.15, -0.1) is 0 Å². The molecule has 1 aromatic heterocycles. The maximum absolute atomic E-state index is 12.6. The van der Waals surface area contributed by atoms with Crippen molar-refractivity contribution in [2.45, 2.75) is 32.4 Å². The minimum atomic E-state index is -0.404. The Balaban J connectivity index is 2.11. The van der Waals surface area contributed by atoms with Crippen LogP contribution in [0.15, 0.2) is 47.1 Å². The highest BCUT2D eigenvalue weighted by Gasteiger charge is 2.24. The molecular weight excluding hydrogens is 328 g/mol. The predicted molar refractivity (Wildman–Crippen MR) is 92.5 cm³/mol. The summed E-state index contributed by atoms with van der Waals surface area (Å²) in [6, 6.07) is 10.1. The van der Waals surface area contributed by atoms with Crippen LogP contribution in [-0.2, 0) is 9.59 Å². The Morgan fingerprint density at radius 1 is 1.25 bits per heavy atom. The fraction of sp³-hybridized carbons (Fsp3) is 0.333. The first-order valence-electron chi connectivity index (χ1n) is 7.70. The molecule has 2 unspecified atom stereocenters. The van der Waals surface area contributed by atoms with E-state index in [4.69, 9.17) is 16.0 Å². The average molecular weight is 349 g/mol. The highest BCUT2D eigenvalue weighted by molar-refractivity contribution is 6.30. The molecule has 0 fully saturated rings. The minimum absolute atomic E-state index is 0.0902. The second-order valence-corrected chi connectivity index (χ2v) is 6.14. The van der Waals surface area contributed by atoms with Crippen molar-refractivity contribution < 1.29 is 14.0 Å². The summed E-state index contributed by atoms with van der Waals surface area (Å²) in [5.74, 6) is 0.436. The number of carbonyl (C=O) groups excluding carboxylic acids is 2. The summed E-state index contributed by atoms with van der Waals surface area (Å²) in [5, 5.41) is 3.43. The lowest BCUT2D eigenvalue weighted by atomic mass is 10.0. The van der Waals surface area contributed by atoms with Gasteiger partial charge in [-0.2, -0.15) is 0 Å². The summed E-state index contributed by atoms with van der Waals surface area (Å²) >= 11 is 5.90. The molecule has 24 heavy (non-hydrogen) atoms. The van der Waals surface area contributed by atoms with Crippen LogP contribution in [0.5, 0.6) is 0 Å². The summed E-state index contributed by atoms with van der Waals surface area (Å²) in [5.41, 5.74) is 0.835. The first kappa shape index (κ1) is 18.1. The van der Waals surface area contributed by atoms with E-state index >= 15 is 0 Å². The zero-order valence-corrected chi connectivity index (χ0v) is 14.7. The summed E-state index contributed by atoms with van der Waals surface area (Å²) in [7, 11) is 1.72. The predicted octanol–water partition coefficient (Wildman–Crippen LogP) is 3.72. The Morgan fingerprint density at radius 2 is 1.92 bits per heavy atom. The maximum atomic E-state index is 12.6. The van der Waals surface area contributed by atoms with Gasteiger partial charge in [-0.25, -0.2) is 0 Å². The molecule has 1 aromatic carbocycles. The van der Waals surface area contributed by atoms with E-state index in [1.54, 1.807) is 36.4 Å². The van der Waals surface area contributed by atoms with Crippen LogP contribution >= 0.6 is 11.6 Å². The van der Waals surface area contributed by atoms with Crippen LogP contribution in [0, 0.1) is 0 Å². The van der Waals surface area contributed by atoms with Gasteiger partial charge in [0, 0.05) is 19.0 Å². The number of hydrogen-bond donors (Lipinski definition) is 1. The number of halogens is 1. The number of amides is 2. The van der Waals surface area contributed by atoms with Gasteiger partial charge in [0.15, 0.2) is 0 Å². The van der Waals surface area contributed by atoms with Gasteiger partial charge >= 0.3 is 0 Å². The van der Waals surface area contributed by atoms with Crippen LogP contribution in [-0.4, -0.2) is 23.8 Å². The Kier molecular flexibility index (Phi) is 6.04. The Hall–Kier alpha value is -2.27. The van der Waals surface area contributed by atoms with Gasteiger partial charge in [0.25, 0.3) is 0 Å². The third-order valence-electron chi connectivity index (χ3n) is 3.96. The van der Waals surface area contributed by atoms with Crippen LogP contribution in [0.2, 0.25) is 5.02 Å². The molecule has 0 aliphatic heterocycles. The van der Waals surface area contributed by atoms with E-state index in [1.807, 2.05) is 25.1 Å². The van der Waals surface area contributed by atoms with E-state index < -0.39 is 6.04 Å². The Labute approximate surface area is 146 Å². The summed E-state index contributed by atoms with van der Waals surface area (Å²) in [6.45, 7) is 3.33. The van der Waals surface area contributed by atoms with E-state index in [0.29, 0.717) is 10.8 Å². The Bertz CT molecular complexity index is 683. The van der Waals surface area contributed by atoms with Gasteiger partial charge in [-0.05, 0) is 36.8 Å². The molecule has 2 aromatic rings. The number of nitrogens with zero attached hydrogens (tertiary/aromatic N) is 1. The molecule has 0 spiro atoms. The second-order valence-electron chi connectivity index (χ2n) is 5.70. The first-order valence-corrected chi connectivity index (χ1v) is 8.08. The average Bonchev–Trinajstić information content (AvgIpc) is 3.07. The lowest BCUT2D eigenvalue weighted by Crippen LogP contribution is -2.35. The van der Waals surface area contributed by atoms with Gasteiger partial charge in [0.2, 0.25) is 11.8 Å². The van der Waals surface area contributed by atoms with Gasteiger partial charge < -0.3 is 14.6 Å². The van der Waals surface area contributed by atoms with E-state index in [-0.39, 0.29) is 24.3 Å². The molecule has 5 nitrogen and oxygen atoms in total. The molecule has 0 radical (unpaired) electrons. The maximum Gasteiger partial charge on any atom is 0.225 e. The quantitative estimate of drug-likeness (QED) is 0.865. The van der Waals surface area contributed by atoms with E-state index in [2.05, 4.69) is 5.32 Å². The van der Waals surface area contributed by atoms with Crippen molar-refractivity contribution >= 4 is 23.4 Å². The second kappa shape index (κ2) is 8.02. The standard InChI is InChI=1S/C18H21ClN2O3/c1-12(17-5-4-10-24-17)21(3)18(23)11-16(20-13(2)22)14-6-8-15(19)9-7-14/h4-10,12,16H,11H2,1-3H3,(H,20,22). The number of furan rings is 1. The van der Waals surface area contributed by atoms with Crippen molar-refractivity contribution in [3.05, 3.63) is 59.0 Å². The lowest BCUT2D eigenvalue weighted by molar-refractivity contribution is -0.133. The molecule has 1 N–H and O–H groups in total. The minimum Gasteiger partial charge on any atom is -0.467 e. The van der Waals surface area contributed by atoms with Crippen LogP contribution in [0.4, 0.5) is 0 Å². The number of rotatable bonds is 6. The lowest BCUT2D eigenvalue weighted by Gasteiger charge is -2.26. The SMILES string of the molecule is CC(=O)NC(CC(=O)N(C)C(C)c1ccco1)c1ccc(Cl)cc1. The van der Waals surface area contributed by atoms with Crippen LogP contribution in [0.3, 0.4) is 0 Å². The van der Waals surface area contributed by atoms with Crippen molar-refractivity contribution in [1.82, 2.24) is 10.2 Å². The summed E-state index contributed by atoms with van der Waals surface area (Å²) in [4.78, 5) is 25.7. The molecule has 2 atom stereocenters.